The van der Waals surface area contributed by atoms with Gasteiger partial charge in [-0.15, -0.1) is 11.8 Å². The number of hydrogen-bond donors (Lipinski definition) is 3. The highest BCUT2D eigenvalue weighted by atomic mass is 32.2. The van der Waals surface area contributed by atoms with Gasteiger partial charge in [0.2, 0.25) is 0 Å². The van der Waals surface area contributed by atoms with Crippen molar-refractivity contribution in [2.75, 3.05) is 12.0 Å². The van der Waals surface area contributed by atoms with Gasteiger partial charge in [-0.1, -0.05) is 0 Å². The molecule has 4 nitrogen and oxygen atoms in total. The van der Waals surface area contributed by atoms with Crippen LogP contribution < -0.4 is 5.73 Å². The van der Waals surface area contributed by atoms with Gasteiger partial charge >= 0.3 is 0 Å². The number of halogens is 1. The molecule has 2 aromatic rings. The molecule has 4 N–H and O–H groups in total. The van der Waals surface area contributed by atoms with Gasteiger partial charge in [0.1, 0.15) is 17.4 Å². The first-order valence-corrected chi connectivity index (χ1v) is 5.72. The number of aromatic nitrogens is 2. The zero-order valence-corrected chi connectivity index (χ0v) is 9.31. The van der Waals surface area contributed by atoms with Crippen LogP contribution in [0.1, 0.15) is 0 Å². The Balaban J connectivity index is 2.58. The van der Waals surface area contributed by atoms with E-state index in [9.17, 15) is 9.50 Å². The lowest BCUT2D eigenvalue weighted by Crippen LogP contribution is -1.88. The number of aromatic hydroxyl groups is 1. The lowest BCUT2D eigenvalue weighted by molar-refractivity contribution is 0.450. The fourth-order valence-corrected chi connectivity index (χ4v) is 1.99. The van der Waals surface area contributed by atoms with Crippen molar-refractivity contribution >= 4 is 17.6 Å². The summed E-state index contributed by atoms with van der Waals surface area (Å²) >= 11 is 1.15. The lowest BCUT2D eigenvalue weighted by Gasteiger charge is -2.06. The van der Waals surface area contributed by atoms with Crippen molar-refractivity contribution in [1.82, 2.24) is 10.2 Å². The number of benzene rings is 1. The van der Waals surface area contributed by atoms with Gasteiger partial charge < -0.3 is 10.8 Å². The minimum Gasteiger partial charge on any atom is -0.507 e. The lowest BCUT2D eigenvalue weighted by atomic mass is 10.1. The smallest absolute Gasteiger partial charge is 0.149 e. The maximum atomic E-state index is 14.0. The Morgan fingerprint density at radius 1 is 1.50 bits per heavy atom. The predicted octanol–water partition coefficient (Wildman–Crippen LogP) is 2.23. The molecule has 1 heterocycles. The Morgan fingerprint density at radius 2 is 2.25 bits per heavy atom. The van der Waals surface area contributed by atoms with Crippen LogP contribution in [0.25, 0.3) is 11.3 Å². The first-order chi connectivity index (χ1) is 7.63. The van der Waals surface area contributed by atoms with Crippen LogP contribution in [0.3, 0.4) is 0 Å². The molecule has 0 spiro atoms. The van der Waals surface area contributed by atoms with Crippen molar-refractivity contribution in [2.24, 2.45) is 0 Å². The Kier molecular flexibility index (Phi) is 2.74. The third kappa shape index (κ3) is 1.71. The highest BCUT2D eigenvalue weighted by molar-refractivity contribution is 7.98. The monoisotopic (exact) mass is 239 g/mol. The van der Waals surface area contributed by atoms with Crippen molar-refractivity contribution in [1.29, 1.82) is 0 Å². The fraction of sp³-hybridized carbons (Fsp3) is 0.100. The molecule has 1 aromatic heterocycles. The Morgan fingerprint density at radius 3 is 2.81 bits per heavy atom. The Bertz CT molecular complexity index is 527. The van der Waals surface area contributed by atoms with E-state index >= 15 is 0 Å². The second kappa shape index (κ2) is 4.05. The molecule has 0 aliphatic carbocycles. The molecular formula is C10H10FN3OS. The highest BCUT2D eigenvalue weighted by Crippen LogP contribution is 2.35. The van der Waals surface area contributed by atoms with Gasteiger partial charge in [0.15, 0.2) is 0 Å². The maximum Gasteiger partial charge on any atom is 0.149 e. The van der Waals surface area contributed by atoms with Gasteiger partial charge in [0, 0.05) is 11.6 Å². The van der Waals surface area contributed by atoms with Gasteiger partial charge in [-0.05, 0) is 18.4 Å². The number of anilines is 1. The van der Waals surface area contributed by atoms with E-state index in [4.69, 9.17) is 5.73 Å². The number of phenols is 1. The van der Waals surface area contributed by atoms with Gasteiger partial charge in [0.25, 0.3) is 0 Å². The molecule has 0 saturated heterocycles. The third-order valence-electron chi connectivity index (χ3n) is 2.17. The van der Waals surface area contributed by atoms with E-state index in [0.717, 1.165) is 11.8 Å². The van der Waals surface area contributed by atoms with Crippen molar-refractivity contribution < 1.29 is 9.50 Å². The van der Waals surface area contributed by atoms with Gasteiger partial charge in [-0.2, -0.15) is 5.10 Å². The number of nitrogens with one attached hydrogen (secondary N) is 1. The summed E-state index contributed by atoms with van der Waals surface area (Å²) in [5, 5.41) is 15.8. The van der Waals surface area contributed by atoms with E-state index < -0.39 is 5.82 Å². The number of aromatic amines is 1. The van der Waals surface area contributed by atoms with Crippen LogP contribution in [0, 0.1) is 5.82 Å². The standard InChI is InChI=1S/C10H10FN3OS/c1-16-10-7(15)3-2-5(9(10)11)6-4-8(12)14-13-6/h2-4,15H,1H3,(H3,12,13,14). The molecule has 0 aliphatic rings. The molecule has 84 valence electrons. The molecule has 0 aliphatic heterocycles. The average Bonchev–Trinajstić information content (AvgIpc) is 2.65. The van der Waals surface area contributed by atoms with Crippen LogP contribution in [0.2, 0.25) is 0 Å². The van der Waals surface area contributed by atoms with Crippen LogP contribution >= 0.6 is 11.8 Å². The number of nitrogen functional groups attached to an aromatic ring is 1. The summed E-state index contributed by atoms with van der Waals surface area (Å²) in [4.78, 5) is 0.214. The molecule has 1 aromatic carbocycles. The minimum atomic E-state index is -0.476. The number of nitrogens with two attached hydrogens (primary N) is 1. The number of thioether (sulfide) groups is 1. The van der Waals surface area contributed by atoms with E-state index in [1.54, 1.807) is 12.3 Å². The summed E-state index contributed by atoms with van der Waals surface area (Å²) in [5.41, 5.74) is 6.28. The molecule has 0 saturated carbocycles. The topological polar surface area (TPSA) is 74.9 Å². The van der Waals surface area contributed by atoms with Crippen LogP contribution in [-0.2, 0) is 0 Å². The second-order valence-corrected chi connectivity index (χ2v) is 4.00. The van der Waals surface area contributed by atoms with Crippen LogP contribution in [0.4, 0.5) is 10.2 Å². The SMILES string of the molecule is CSc1c(O)ccc(-c2cc(N)n[nH]2)c1F. The van der Waals surface area contributed by atoms with Crippen LogP contribution in [-0.4, -0.2) is 21.6 Å². The number of hydrogen-bond acceptors (Lipinski definition) is 4. The molecule has 0 unspecified atom stereocenters. The van der Waals surface area contributed by atoms with E-state index in [1.807, 2.05) is 0 Å². The predicted molar refractivity (Wildman–Crippen MR) is 61.8 cm³/mol. The number of rotatable bonds is 2. The van der Waals surface area contributed by atoms with Gasteiger partial charge in [0.05, 0.1) is 10.6 Å². The number of H-pyrrole nitrogens is 1. The molecular weight excluding hydrogens is 229 g/mol. The van der Waals surface area contributed by atoms with Crippen molar-refractivity contribution in [2.45, 2.75) is 4.90 Å². The zero-order chi connectivity index (χ0) is 11.7. The second-order valence-electron chi connectivity index (χ2n) is 3.19. The van der Waals surface area contributed by atoms with Crippen molar-refractivity contribution in [3.05, 3.63) is 24.0 Å². The third-order valence-corrected chi connectivity index (χ3v) is 2.96. The molecule has 16 heavy (non-hydrogen) atoms. The Labute approximate surface area is 95.7 Å². The molecule has 6 heteroatoms. The summed E-state index contributed by atoms with van der Waals surface area (Å²) in [6.07, 6.45) is 1.70. The summed E-state index contributed by atoms with van der Waals surface area (Å²) in [6.45, 7) is 0. The zero-order valence-electron chi connectivity index (χ0n) is 8.49. The molecule has 0 fully saturated rings. The van der Waals surface area contributed by atoms with Crippen molar-refractivity contribution in [3.8, 4) is 17.0 Å². The summed E-state index contributed by atoms with van der Waals surface area (Å²) in [7, 11) is 0. The van der Waals surface area contributed by atoms with E-state index in [2.05, 4.69) is 10.2 Å². The molecule has 2 rings (SSSR count). The number of nitrogens with zero attached hydrogens (tertiary/aromatic N) is 1. The van der Waals surface area contributed by atoms with E-state index in [0.29, 0.717) is 17.1 Å². The first-order valence-electron chi connectivity index (χ1n) is 4.50. The molecule has 0 bridgehead atoms. The Hall–Kier alpha value is -1.69. The normalized spacial score (nSPS) is 10.6. The highest BCUT2D eigenvalue weighted by Gasteiger charge is 2.14. The summed E-state index contributed by atoms with van der Waals surface area (Å²) in [6, 6.07) is 4.47. The largest absolute Gasteiger partial charge is 0.507 e. The van der Waals surface area contributed by atoms with Gasteiger partial charge in [-0.25, -0.2) is 4.39 Å². The minimum absolute atomic E-state index is 0.0683. The number of phenolic OH excluding ortho intramolecular Hbond substituents is 1. The first kappa shape index (κ1) is 10.8. The maximum absolute atomic E-state index is 14.0. The molecule has 0 atom stereocenters. The van der Waals surface area contributed by atoms with Crippen molar-refractivity contribution in [3.63, 3.8) is 0 Å². The molecule has 0 amide bonds. The van der Waals surface area contributed by atoms with E-state index in [1.165, 1.54) is 12.1 Å². The summed E-state index contributed by atoms with van der Waals surface area (Å²) in [5.74, 6) is -0.245. The van der Waals surface area contributed by atoms with Crippen LogP contribution in [0.15, 0.2) is 23.1 Å². The molecule has 0 radical (unpaired) electrons. The van der Waals surface area contributed by atoms with Crippen LogP contribution in [0.5, 0.6) is 5.75 Å². The fourth-order valence-electron chi connectivity index (χ4n) is 1.42. The van der Waals surface area contributed by atoms with Gasteiger partial charge in [-0.3, -0.25) is 5.10 Å². The average molecular weight is 239 g/mol. The summed E-state index contributed by atoms with van der Waals surface area (Å²) < 4.78 is 14.0. The quantitative estimate of drug-likeness (QED) is 0.702. The van der Waals surface area contributed by atoms with E-state index in [-0.39, 0.29) is 10.6 Å².